The Labute approximate surface area is 215 Å². The molecule has 5 aliphatic rings. The lowest BCUT2D eigenvalue weighted by molar-refractivity contribution is -0.158. The molecule has 0 aromatic rings. The van der Waals surface area contributed by atoms with Crippen LogP contribution in [0.15, 0.2) is 28.4 Å². The molecule has 3 fully saturated rings. The Kier molecular flexibility index (Phi) is 5.20. The normalized spacial score (nSPS) is 46.4. The summed E-state index contributed by atoms with van der Waals surface area (Å²) in [5.74, 6) is -0.0559. The molecule has 5 nitrogen and oxygen atoms in total. The summed E-state index contributed by atoms with van der Waals surface area (Å²) in [4.78, 5) is 47.1. The maximum atomic E-state index is 14.3. The van der Waals surface area contributed by atoms with E-state index >= 15 is 0 Å². The van der Waals surface area contributed by atoms with Crippen molar-refractivity contribution in [1.29, 1.82) is 0 Å². The summed E-state index contributed by atoms with van der Waals surface area (Å²) in [6.45, 7) is 23.0. The number of ketones is 2. The number of nitrogens with zero attached hydrogens (tertiary/aromatic N) is 2. The first-order chi connectivity index (χ1) is 16.6. The molecular formula is C31H40N2O3. The van der Waals surface area contributed by atoms with Gasteiger partial charge in [-0.05, 0) is 79.1 Å². The number of carbonyl (C=O) groups excluding carboxylic acids is 3. The third-order valence-corrected chi connectivity index (χ3v) is 12.1. The molecule has 2 unspecified atom stereocenters. The van der Waals surface area contributed by atoms with Gasteiger partial charge in [-0.2, -0.15) is 4.99 Å². The summed E-state index contributed by atoms with van der Waals surface area (Å²) in [7, 11) is 0. The smallest absolute Gasteiger partial charge is 0.235 e. The lowest BCUT2D eigenvalue weighted by Crippen LogP contribution is -2.65. The first kappa shape index (κ1) is 25.3. The summed E-state index contributed by atoms with van der Waals surface area (Å²) in [6, 6.07) is 0. The average molecular weight is 489 g/mol. The first-order valence-corrected chi connectivity index (χ1v) is 13.6. The van der Waals surface area contributed by atoms with E-state index < -0.39 is 16.4 Å². The SMILES string of the molecule is [C-]#[N+]C1=C[C@]2(C)C3=CC(=O)C4C5CC(C)(C)CC[C@]5(N=C=O)CC[C@@]4(C)[C@]3(C)CC[C@H]2C(C)(C)C1=O. The van der Waals surface area contributed by atoms with Gasteiger partial charge < -0.3 is 4.79 Å². The zero-order valence-corrected chi connectivity index (χ0v) is 23.0. The van der Waals surface area contributed by atoms with E-state index in [4.69, 9.17) is 6.57 Å². The van der Waals surface area contributed by atoms with Crippen molar-refractivity contribution in [2.45, 2.75) is 99.0 Å². The third kappa shape index (κ3) is 2.94. The van der Waals surface area contributed by atoms with E-state index in [1.165, 1.54) is 0 Å². The van der Waals surface area contributed by atoms with Crippen LogP contribution in [0.1, 0.15) is 93.4 Å². The number of Topliss-reactive ketones (excluding diaryl/α,β-unsaturated/α-hetero) is 1. The molecule has 0 N–H and O–H groups in total. The van der Waals surface area contributed by atoms with Crippen LogP contribution in [0, 0.1) is 51.4 Å². The number of aliphatic imine (C=N–C) groups is 1. The van der Waals surface area contributed by atoms with Gasteiger partial charge in [-0.3, -0.25) is 4.79 Å². The Morgan fingerprint density at radius 3 is 2.31 bits per heavy atom. The predicted octanol–water partition coefficient (Wildman–Crippen LogP) is 6.65. The van der Waals surface area contributed by atoms with Gasteiger partial charge >= 0.3 is 0 Å². The standard InChI is InChI=1S/C31H40N2O3/c1-26(2)11-13-31(33-18-34)14-12-30(7)24(19(31)16-26)21(35)15-23-28(5)17-20(32-8)25(36)27(3,4)22(28)9-10-29(23,30)6/h15,17,19,22,24H,9-14,16H2,1-7H3/t19?,22-,24?,28-,29+,30+,31-/m0/s1. The fraction of sp³-hybridized carbons (Fsp3) is 0.742. The highest BCUT2D eigenvalue weighted by molar-refractivity contribution is 6.03. The van der Waals surface area contributed by atoms with Crippen LogP contribution >= 0.6 is 0 Å². The second-order valence-electron chi connectivity index (χ2n) is 14.5. The second kappa shape index (κ2) is 7.38. The molecule has 0 amide bonds. The largest absolute Gasteiger partial charge is 0.307 e. The van der Waals surface area contributed by atoms with E-state index in [0.717, 1.165) is 50.5 Å². The Hall–Kier alpha value is -2.31. The molecular weight excluding hydrogens is 448 g/mol. The third-order valence-electron chi connectivity index (χ3n) is 12.1. The molecule has 0 aliphatic heterocycles. The van der Waals surface area contributed by atoms with Gasteiger partial charge in [0, 0.05) is 16.7 Å². The van der Waals surface area contributed by atoms with E-state index in [-0.39, 0.29) is 51.3 Å². The fourth-order valence-corrected chi connectivity index (χ4v) is 9.86. The van der Waals surface area contributed by atoms with Crippen LogP contribution in [0.5, 0.6) is 0 Å². The zero-order chi connectivity index (χ0) is 26.5. The van der Waals surface area contributed by atoms with Crippen LogP contribution in [-0.4, -0.2) is 23.2 Å². The van der Waals surface area contributed by atoms with Gasteiger partial charge in [0.05, 0.1) is 12.1 Å². The van der Waals surface area contributed by atoms with E-state index in [9.17, 15) is 14.4 Å². The van der Waals surface area contributed by atoms with Gasteiger partial charge in [0.1, 0.15) is 0 Å². The molecule has 7 atom stereocenters. The van der Waals surface area contributed by atoms with Crippen LogP contribution < -0.4 is 0 Å². The zero-order valence-electron chi connectivity index (χ0n) is 23.0. The molecule has 36 heavy (non-hydrogen) atoms. The second-order valence-corrected chi connectivity index (χ2v) is 14.5. The summed E-state index contributed by atoms with van der Waals surface area (Å²) in [5.41, 5.74) is -0.763. The van der Waals surface area contributed by atoms with Gasteiger partial charge in [-0.15, -0.1) is 0 Å². The van der Waals surface area contributed by atoms with Crippen molar-refractivity contribution in [2.24, 2.45) is 49.8 Å². The Morgan fingerprint density at radius 2 is 1.67 bits per heavy atom. The Balaban J connectivity index is 1.71. The van der Waals surface area contributed by atoms with Crippen LogP contribution in [0.3, 0.4) is 0 Å². The van der Waals surface area contributed by atoms with E-state index in [2.05, 4.69) is 44.5 Å². The maximum absolute atomic E-state index is 14.3. The molecule has 0 saturated heterocycles. The van der Waals surface area contributed by atoms with Crippen molar-refractivity contribution >= 4 is 17.6 Å². The number of carbonyl (C=O) groups is 2. The molecule has 3 saturated carbocycles. The van der Waals surface area contributed by atoms with Crippen LogP contribution in [0.25, 0.3) is 4.85 Å². The number of fused-ring (bicyclic) bond motifs is 7. The molecule has 192 valence electrons. The molecule has 0 aromatic carbocycles. The number of allylic oxidation sites excluding steroid dienone is 4. The summed E-state index contributed by atoms with van der Waals surface area (Å²) in [6.07, 6.45) is 11.8. The van der Waals surface area contributed by atoms with Gasteiger partial charge in [0.25, 0.3) is 0 Å². The van der Waals surface area contributed by atoms with Crippen molar-refractivity contribution in [1.82, 2.24) is 0 Å². The van der Waals surface area contributed by atoms with Gasteiger partial charge in [0.15, 0.2) is 11.6 Å². The van der Waals surface area contributed by atoms with Crippen molar-refractivity contribution in [3.05, 3.63) is 34.8 Å². The average Bonchev–Trinajstić information content (AvgIpc) is 2.79. The number of isocyanates is 1. The van der Waals surface area contributed by atoms with E-state index in [1.807, 2.05) is 32.1 Å². The molecule has 5 rings (SSSR count). The highest BCUT2D eigenvalue weighted by Gasteiger charge is 2.69. The quantitative estimate of drug-likeness (QED) is 0.236. The molecule has 5 aliphatic carbocycles. The predicted molar refractivity (Wildman–Crippen MR) is 138 cm³/mol. The van der Waals surface area contributed by atoms with Crippen LogP contribution in [0.2, 0.25) is 0 Å². The minimum absolute atomic E-state index is 0.0211. The van der Waals surface area contributed by atoms with Crippen LogP contribution in [0.4, 0.5) is 0 Å². The molecule has 0 spiro atoms. The minimum atomic E-state index is -0.653. The number of hydrogen-bond acceptors (Lipinski definition) is 4. The Morgan fingerprint density at radius 1 is 1.00 bits per heavy atom. The van der Waals surface area contributed by atoms with E-state index in [0.29, 0.717) is 0 Å². The van der Waals surface area contributed by atoms with Gasteiger partial charge in [-0.25, -0.2) is 9.64 Å². The monoisotopic (exact) mass is 488 g/mol. The van der Waals surface area contributed by atoms with Crippen molar-refractivity contribution in [3.63, 3.8) is 0 Å². The molecule has 0 bridgehead atoms. The summed E-state index contributed by atoms with van der Waals surface area (Å²) in [5, 5.41) is 0. The van der Waals surface area contributed by atoms with Crippen LogP contribution in [-0.2, 0) is 14.4 Å². The fourth-order valence-electron chi connectivity index (χ4n) is 9.86. The van der Waals surface area contributed by atoms with Crippen molar-refractivity contribution in [3.8, 4) is 0 Å². The lowest BCUT2D eigenvalue weighted by atomic mass is 9.35. The number of hydrogen-bond donors (Lipinski definition) is 0. The topological polar surface area (TPSA) is 67.9 Å². The minimum Gasteiger partial charge on any atom is -0.307 e. The highest BCUT2D eigenvalue weighted by Crippen LogP contribution is 2.73. The maximum Gasteiger partial charge on any atom is 0.235 e. The van der Waals surface area contributed by atoms with Gasteiger partial charge in [-0.1, -0.05) is 60.1 Å². The molecule has 0 aromatic heterocycles. The highest BCUT2D eigenvalue weighted by atomic mass is 16.1. The van der Waals surface area contributed by atoms with Gasteiger partial charge in [0.2, 0.25) is 11.8 Å². The summed E-state index contributed by atoms with van der Waals surface area (Å²) >= 11 is 0. The first-order valence-electron chi connectivity index (χ1n) is 13.6. The van der Waals surface area contributed by atoms with Crippen molar-refractivity contribution < 1.29 is 14.4 Å². The molecule has 0 heterocycles. The Bertz CT molecular complexity index is 1210. The summed E-state index contributed by atoms with van der Waals surface area (Å²) < 4.78 is 0. The van der Waals surface area contributed by atoms with E-state index in [1.54, 1.807) is 0 Å². The lowest BCUT2D eigenvalue weighted by Gasteiger charge is -2.68. The van der Waals surface area contributed by atoms with Crippen molar-refractivity contribution in [2.75, 3.05) is 0 Å². The molecule has 0 radical (unpaired) electrons. The number of rotatable bonds is 1. The molecule has 5 heteroatoms.